The standard InChI is InChI=1S/C21H26F2N6O2/c1-21(2)8-15(5-6-16(21)30)28-18-14(9-24)11-27-20(29-18)26-10-13-4-3-7-25-19(13)31-12-17(22)23/h3-4,7,11,15-17,30H,5-6,8,10,12H2,1-2H3,(H2,26,27,28,29)/t15-,16+/m1/s1. The highest BCUT2D eigenvalue weighted by molar-refractivity contribution is 5.54. The van der Waals surface area contributed by atoms with Crippen molar-refractivity contribution in [2.45, 2.75) is 58.2 Å². The summed E-state index contributed by atoms with van der Waals surface area (Å²) in [5, 5.41) is 25.9. The van der Waals surface area contributed by atoms with Crippen LogP contribution in [-0.2, 0) is 6.54 Å². The minimum Gasteiger partial charge on any atom is -0.471 e. The van der Waals surface area contributed by atoms with E-state index in [4.69, 9.17) is 4.74 Å². The topological polar surface area (TPSA) is 116 Å². The van der Waals surface area contributed by atoms with Crippen LogP contribution in [0.3, 0.4) is 0 Å². The van der Waals surface area contributed by atoms with Gasteiger partial charge in [0.05, 0.1) is 12.3 Å². The SMILES string of the molecule is CC1(C)C[C@H](Nc2nc(NCc3cccnc3OCC(F)F)ncc2C#N)CC[C@@H]1O. The predicted molar refractivity (Wildman–Crippen MR) is 111 cm³/mol. The van der Waals surface area contributed by atoms with Crippen LogP contribution in [0.4, 0.5) is 20.5 Å². The smallest absolute Gasteiger partial charge is 0.272 e. The van der Waals surface area contributed by atoms with Crippen LogP contribution in [0, 0.1) is 16.7 Å². The summed E-state index contributed by atoms with van der Waals surface area (Å²) < 4.78 is 29.9. The van der Waals surface area contributed by atoms with E-state index in [9.17, 15) is 19.1 Å². The maximum atomic E-state index is 12.4. The summed E-state index contributed by atoms with van der Waals surface area (Å²) in [5.41, 5.74) is 0.664. The van der Waals surface area contributed by atoms with Crippen LogP contribution < -0.4 is 15.4 Å². The van der Waals surface area contributed by atoms with E-state index in [-0.39, 0.29) is 35.9 Å². The molecule has 1 aliphatic rings. The lowest BCUT2D eigenvalue weighted by atomic mass is 9.73. The molecule has 10 heteroatoms. The number of hydrogen-bond donors (Lipinski definition) is 3. The minimum atomic E-state index is -2.59. The first-order valence-electron chi connectivity index (χ1n) is 10.1. The Kier molecular flexibility index (Phi) is 7.17. The second kappa shape index (κ2) is 9.83. The Morgan fingerprint density at radius 3 is 2.87 bits per heavy atom. The molecule has 3 N–H and O–H groups in total. The summed E-state index contributed by atoms with van der Waals surface area (Å²) in [6.45, 7) is 3.51. The van der Waals surface area contributed by atoms with Crippen molar-refractivity contribution >= 4 is 11.8 Å². The number of halogens is 2. The van der Waals surface area contributed by atoms with Gasteiger partial charge in [0.1, 0.15) is 17.5 Å². The predicted octanol–water partition coefficient (Wildman–Crippen LogP) is 3.35. The molecular weight excluding hydrogens is 406 g/mol. The van der Waals surface area contributed by atoms with Gasteiger partial charge in [-0.1, -0.05) is 19.9 Å². The summed E-state index contributed by atoms with van der Waals surface area (Å²) in [5.74, 6) is 0.808. The molecule has 2 atom stereocenters. The van der Waals surface area contributed by atoms with Gasteiger partial charge in [0, 0.05) is 24.3 Å². The molecule has 31 heavy (non-hydrogen) atoms. The summed E-state index contributed by atoms with van der Waals surface area (Å²) >= 11 is 0. The number of ether oxygens (including phenoxy) is 1. The summed E-state index contributed by atoms with van der Waals surface area (Å²) in [6.07, 6.45) is 2.12. The second-order valence-corrected chi connectivity index (χ2v) is 8.22. The Bertz CT molecular complexity index is 934. The fourth-order valence-corrected chi connectivity index (χ4v) is 3.60. The van der Waals surface area contributed by atoms with Gasteiger partial charge in [-0.2, -0.15) is 10.2 Å². The van der Waals surface area contributed by atoms with Crippen molar-refractivity contribution in [3.8, 4) is 11.9 Å². The van der Waals surface area contributed by atoms with Gasteiger partial charge in [0.25, 0.3) is 6.43 Å². The van der Waals surface area contributed by atoms with Crippen molar-refractivity contribution in [2.75, 3.05) is 17.2 Å². The lowest BCUT2D eigenvalue weighted by molar-refractivity contribution is 0.00926. The summed E-state index contributed by atoms with van der Waals surface area (Å²) in [6, 6.07) is 5.54. The van der Waals surface area contributed by atoms with Gasteiger partial charge >= 0.3 is 0 Å². The molecule has 0 amide bonds. The van der Waals surface area contributed by atoms with Crippen molar-refractivity contribution in [3.05, 3.63) is 35.7 Å². The molecule has 2 aromatic rings. The van der Waals surface area contributed by atoms with Crippen molar-refractivity contribution in [2.24, 2.45) is 5.41 Å². The van der Waals surface area contributed by atoms with Gasteiger partial charge in [-0.25, -0.2) is 18.7 Å². The molecule has 0 saturated heterocycles. The molecule has 0 spiro atoms. The first kappa shape index (κ1) is 22.6. The van der Waals surface area contributed by atoms with E-state index in [0.29, 0.717) is 23.4 Å². The Morgan fingerprint density at radius 2 is 2.16 bits per heavy atom. The molecule has 1 aliphatic carbocycles. The van der Waals surface area contributed by atoms with Crippen LogP contribution in [0.5, 0.6) is 5.88 Å². The van der Waals surface area contributed by atoms with Gasteiger partial charge in [0.2, 0.25) is 11.8 Å². The van der Waals surface area contributed by atoms with Gasteiger partial charge < -0.3 is 20.5 Å². The molecule has 0 unspecified atom stereocenters. The van der Waals surface area contributed by atoms with Gasteiger partial charge in [-0.05, 0) is 30.7 Å². The number of nitrogens with zero attached hydrogens (tertiary/aromatic N) is 4. The van der Waals surface area contributed by atoms with E-state index in [0.717, 1.165) is 12.8 Å². The Labute approximate surface area is 179 Å². The maximum absolute atomic E-state index is 12.4. The number of hydrogen-bond acceptors (Lipinski definition) is 8. The molecule has 0 bridgehead atoms. The van der Waals surface area contributed by atoms with Crippen molar-refractivity contribution in [1.29, 1.82) is 5.26 Å². The second-order valence-electron chi connectivity index (χ2n) is 8.22. The molecule has 8 nitrogen and oxygen atoms in total. The fourth-order valence-electron chi connectivity index (χ4n) is 3.60. The average molecular weight is 432 g/mol. The molecule has 166 valence electrons. The van der Waals surface area contributed by atoms with Crippen molar-refractivity contribution < 1.29 is 18.6 Å². The normalized spacial score (nSPS) is 20.2. The minimum absolute atomic E-state index is 0.0703. The molecule has 1 fully saturated rings. The number of nitriles is 1. The van der Waals surface area contributed by atoms with Gasteiger partial charge in [0.15, 0.2) is 6.61 Å². The third-order valence-electron chi connectivity index (χ3n) is 5.35. The average Bonchev–Trinajstić information content (AvgIpc) is 2.74. The molecule has 3 rings (SSSR count). The molecule has 0 aliphatic heterocycles. The van der Waals surface area contributed by atoms with Gasteiger partial charge in [-0.3, -0.25) is 0 Å². The molecule has 1 saturated carbocycles. The van der Waals surface area contributed by atoms with Crippen LogP contribution in [0.2, 0.25) is 0 Å². The molecular formula is C21H26F2N6O2. The zero-order valence-corrected chi connectivity index (χ0v) is 17.5. The first-order chi connectivity index (χ1) is 14.8. The number of anilines is 2. The quantitative estimate of drug-likeness (QED) is 0.582. The number of aromatic nitrogens is 3. The van der Waals surface area contributed by atoms with Crippen molar-refractivity contribution in [1.82, 2.24) is 15.0 Å². The maximum Gasteiger partial charge on any atom is 0.272 e. The monoisotopic (exact) mass is 432 g/mol. The first-order valence-corrected chi connectivity index (χ1v) is 10.1. The zero-order valence-electron chi connectivity index (χ0n) is 17.5. The number of aliphatic hydroxyl groups is 1. The van der Waals surface area contributed by atoms with E-state index in [1.54, 1.807) is 12.1 Å². The Morgan fingerprint density at radius 1 is 1.35 bits per heavy atom. The van der Waals surface area contributed by atoms with E-state index in [1.807, 2.05) is 13.8 Å². The summed E-state index contributed by atoms with van der Waals surface area (Å²) in [4.78, 5) is 12.6. The van der Waals surface area contributed by atoms with Crippen LogP contribution in [-0.4, -0.2) is 45.2 Å². The van der Waals surface area contributed by atoms with Crippen LogP contribution >= 0.6 is 0 Å². The Balaban J connectivity index is 1.70. The van der Waals surface area contributed by atoms with Gasteiger partial charge in [-0.15, -0.1) is 0 Å². The lowest BCUT2D eigenvalue weighted by Crippen LogP contribution is -2.41. The lowest BCUT2D eigenvalue weighted by Gasteiger charge is -2.40. The third kappa shape index (κ3) is 5.98. The number of pyridine rings is 1. The van der Waals surface area contributed by atoms with E-state index in [2.05, 4.69) is 31.7 Å². The molecule has 2 aromatic heterocycles. The van der Waals surface area contributed by atoms with Crippen LogP contribution in [0.25, 0.3) is 0 Å². The Hall–Kier alpha value is -3.06. The van der Waals surface area contributed by atoms with Crippen LogP contribution in [0.1, 0.15) is 44.2 Å². The number of alkyl halides is 2. The highest BCUT2D eigenvalue weighted by atomic mass is 19.3. The largest absolute Gasteiger partial charge is 0.471 e. The molecule has 0 radical (unpaired) electrons. The third-order valence-corrected chi connectivity index (χ3v) is 5.35. The highest BCUT2D eigenvalue weighted by Gasteiger charge is 2.35. The fraction of sp³-hybridized carbons (Fsp3) is 0.524. The van der Waals surface area contributed by atoms with Crippen molar-refractivity contribution in [3.63, 3.8) is 0 Å². The van der Waals surface area contributed by atoms with Crippen LogP contribution in [0.15, 0.2) is 24.5 Å². The number of rotatable bonds is 8. The van der Waals surface area contributed by atoms with E-state index >= 15 is 0 Å². The molecule has 2 heterocycles. The number of nitrogens with one attached hydrogen (secondary N) is 2. The van der Waals surface area contributed by atoms with E-state index in [1.165, 1.54) is 12.4 Å². The number of aliphatic hydroxyl groups excluding tert-OH is 1. The zero-order chi connectivity index (χ0) is 22.4. The molecule has 0 aromatic carbocycles. The van der Waals surface area contributed by atoms with E-state index < -0.39 is 13.0 Å². The summed E-state index contributed by atoms with van der Waals surface area (Å²) in [7, 11) is 0. The highest BCUT2D eigenvalue weighted by Crippen LogP contribution is 2.37.